The fourth-order valence-electron chi connectivity index (χ4n) is 2.08. The van der Waals surface area contributed by atoms with Crippen LogP contribution in [-0.2, 0) is 34.1 Å². The zero-order chi connectivity index (χ0) is 18.0. The first-order valence-corrected chi connectivity index (χ1v) is 6.43. The summed E-state index contributed by atoms with van der Waals surface area (Å²) in [7, 11) is 0. The standard InChI is InChI=1S/C16H10O8.2Cu/c17-13(18)9-1-7(2-10(5-9)14(19)20)8-3-11(15(21)22)6-12(4-8)16(23)24;;/h1-6H,(H,17,18)(H,19,20)(H,21,22)(H,23,24);;. The molecule has 2 aromatic rings. The van der Waals surface area contributed by atoms with Gasteiger partial charge in [0.1, 0.15) is 0 Å². The number of rotatable bonds is 5. The number of benzene rings is 2. The van der Waals surface area contributed by atoms with Crippen molar-refractivity contribution in [3.05, 3.63) is 58.7 Å². The Labute approximate surface area is 167 Å². The van der Waals surface area contributed by atoms with Crippen molar-refractivity contribution in [3.63, 3.8) is 0 Å². The summed E-state index contributed by atoms with van der Waals surface area (Å²) < 4.78 is 0. The Hall–Kier alpha value is -2.64. The van der Waals surface area contributed by atoms with E-state index >= 15 is 0 Å². The average Bonchev–Trinajstić information content (AvgIpc) is 2.53. The molecule has 0 aliphatic carbocycles. The van der Waals surface area contributed by atoms with Gasteiger partial charge < -0.3 is 20.4 Å². The van der Waals surface area contributed by atoms with Gasteiger partial charge in [0.15, 0.2) is 0 Å². The molecule has 0 aromatic heterocycles. The van der Waals surface area contributed by atoms with Crippen LogP contribution in [0.2, 0.25) is 0 Å². The van der Waals surface area contributed by atoms with Crippen LogP contribution in [0.25, 0.3) is 11.1 Å². The van der Waals surface area contributed by atoms with Crippen LogP contribution in [0.1, 0.15) is 41.4 Å². The molecule has 0 atom stereocenters. The van der Waals surface area contributed by atoms with Crippen molar-refractivity contribution < 1.29 is 73.7 Å². The zero-order valence-corrected chi connectivity index (χ0v) is 14.4. The van der Waals surface area contributed by atoms with Crippen molar-refractivity contribution in [2.24, 2.45) is 0 Å². The number of hydrogen-bond acceptors (Lipinski definition) is 4. The minimum absolute atomic E-state index is 0. The Morgan fingerprint density at radius 2 is 0.654 bits per heavy atom. The molecule has 0 fully saturated rings. The summed E-state index contributed by atoms with van der Waals surface area (Å²) in [6, 6.07) is 6.46. The summed E-state index contributed by atoms with van der Waals surface area (Å²) in [5.74, 6) is -5.47. The van der Waals surface area contributed by atoms with E-state index in [2.05, 4.69) is 0 Å². The molecule has 4 N–H and O–H groups in total. The molecule has 0 spiro atoms. The Bertz CT molecular complexity index is 754. The second-order valence-corrected chi connectivity index (χ2v) is 4.82. The van der Waals surface area contributed by atoms with Crippen LogP contribution in [0, 0.1) is 0 Å². The Kier molecular flexibility index (Phi) is 8.24. The van der Waals surface area contributed by atoms with Gasteiger partial charge in [0.25, 0.3) is 0 Å². The Morgan fingerprint density at radius 3 is 0.808 bits per heavy atom. The largest absolute Gasteiger partial charge is 0.478 e. The number of aromatic carboxylic acids is 4. The minimum atomic E-state index is -1.37. The molecule has 10 heteroatoms. The van der Waals surface area contributed by atoms with E-state index in [1.807, 2.05) is 0 Å². The monoisotopic (exact) mass is 456 g/mol. The molecule has 144 valence electrons. The average molecular weight is 457 g/mol. The summed E-state index contributed by atoms with van der Waals surface area (Å²) in [6.45, 7) is 0. The normalized spacial score (nSPS) is 9.38. The second-order valence-electron chi connectivity index (χ2n) is 4.82. The van der Waals surface area contributed by atoms with Gasteiger partial charge in [0, 0.05) is 34.1 Å². The third-order valence-corrected chi connectivity index (χ3v) is 3.19. The van der Waals surface area contributed by atoms with Crippen LogP contribution in [0.15, 0.2) is 36.4 Å². The van der Waals surface area contributed by atoms with E-state index in [1.54, 1.807) is 0 Å². The number of carboxylic acids is 4. The number of carbonyl (C=O) groups is 4. The maximum absolute atomic E-state index is 11.1. The first kappa shape index (κ1) is 23.4. The van der Waals surface area contributed by atoms with Crippen molar-refractivity contribution >= 4 is 23.9 Å². The van der Waals surface area contributed by atoms with Gasteiger partial charge in [-0.15, -0.1) is 0 Å². The molecule has 2 aromatic carbocycles. The molecule has 2 rings (SSSR count). The molecular weight excluding hydrogens is 447 g/mol. The van der Waals surface area contributed by atoms with Gasteiger partial charge >= 0.3 is 23.9 Å². The fraction of sp³-hybridized carbons (Fsp3) is 0. The maximum atomic E-state index is 11.1. The topological polar surface area (TPSA) is 149 Å². The summed E-state index contributed by atoms with van der Waals surface area (Å²) in [5, 5.41) is 36.3. The van der Waals surface area contributed by atoms with Gasteiger partial charge in [-0.25, -0.2) is 19.2 Å². The molecule has 0 aliphatic heterocycles. The van der Waals surface area contributed by atoms with Crippen molar-refractivity contribution in [1.82, 2.24) is 0 Å². The predicted molar refractivity (Wildman–Crippen MR) is 79.7 cm³/mol. The summed E-state index contributed by atoms with van der Waals surface area (Å²) >= 11 is 0. The molecule has 0 heterocycles. The first-order valence-electron chi connectivity index (χ1n) is 6.43. The van der Waals surface area contributed by atoms with Crippen LogP contribution in [0.4, 0.5) is 0 Å². The number of carboxylic acid groups (broad SMARTS) is 4. The summed E-state index contributed by atoms with van der Waals surface area (Å²) in [4.78, 5) is 44.5. The van der Waals surface area contributed by atoms with E-state index in [9.17, 15) is 19.2 Å². The fourth-order valence-corrected chi connectivity index (χ4v) is 2.08. The molecule has 0 saturated heterocycles. The van der Waals surface area contributed by atoms with Gasteiger partial charge in [0.2, 0.25) is 0 Å². The van der Waals surface area contributed by atoms with Crippen molar-refractivity contribution in [3.8, 4) is 11.1 Å². The Balaban J connectivity index is 0.00000312. The molecule has 8 nitrogen and oxygen atoms in total. The van der Waals surface area contributed by atoms with E-state index < -0.39 is 23.9 Å². The number of hydrogen-bond donors (Lipinski definition) is 4. The second kappa shape index (κ2) is 9.17. The molecule has 0 saturated carbocycles. The van der Waals surface area contributed by atoms with Gasteiger partial charge in [0.05, 0.1) is 22.3 Å². The molecule has 0 bridgehead atoms. The molecule has 26 heavy (non-hydrogen) atoms. The van der Waals surface area contributed by atoms with Crippen LogP contribution in [0.3, 0.4) is 0 Å². The van der Waals surface area contributed by atoms with E-state index in [0.29, 0.717) is 0 Å². The molecule has 0 amide bonds. The van der Waals surface area contributed by atoms with Crippen LogP contribution < -0.4 is 0 Å². The van der Waals surface area contributed by atoms with E-state index in [1.165, 1.54) is 0 Å². The third kappa shape index (κ3) is 5.18. The predicted octanol–water partition coefficient (Wildman–Crippen LogP) is 2.14. The molecule has 0 unspecified atom stereocenters. The van der Waals surface area contributed by atoms with Crippen LogP contribution in [0.5, 0.6) is 0 Å². The van der Waals surface area contributed by atoms with E-state index in [4.69, 9.17) is 20.4 Å². The summed E-state index contributed by atoms with van der Waals surface area (Å²) in [5.41, 5.74) is -1.11. The van der Waals surface area contributed by atoms with E-state index in [-0.39, 0.29) is 67.5 Å². The van der Waals surface area contributed by atoms with Crippen LogP contribution >= 0.6 is 0 Å². The van der Waals surface area contributed by atoms with Gasteiger partial charge in [-0.1, -0.05) is 0 Å². The SMILES string of the molecule is O=C(O)c1cc(C(=O)O)cc(-c2cc(C(=O)O)cc(C(=O)O)c2)c1.[Cu].[Cu]. The molecule has 2 radical (unpaired) electrons. The van der Waals surface area contributed by atoms with Gasteiger partial charge in [-0.2, -0.15) is 0 Å². The Morgan fingerprint density at radius 1 is 0.462 bits per heavy atom. The van der Waals surface area contributed by atoms with Crippen LogP contribution in [-0.4, -0.2) is 44.3 Å². The molecular formula is C16H10Cu2O8. The zero-order valence-electron chi connectivity index (χ0n) is 12.5. The van der Waals surface area contributed by atoms with Gasteiger partial charge in [-0.05, 0) is 47.5 Å². The maximum Gasteiger partial charge on any atom is 0.335 e. The quantitative estimate of drug-likeness (QED) is 0.499. The van der Waals surface area contributed by atoms with E-state index in [0.717, 1.165) is 36.4 Å². The van der Waals surface area contributed by atoms with Crippen molar-refractivity contribution in [2.45, 2.75) is 0 Å². The minimum Gasteiger partial charge on any atom is -0.478 e. The summed E-state index contributed by atoms with van der Waals surface area (Å²) in [6.07, 6.45) is 0. The van der Waals surface area contributed by atoms with Gasteiger partial charge in [-0.3, -0.25) is 0 Å². The first-order chi connectivity index (χ1) is 11.2. The third-order valence-electron chi connectivity index (χ3n) is 3.19. The van der Waals surface area contributed by atoms with Crippen molar-refractivity contribution in [1.29, 1.82) is 0 Å². The molecule has 0 aliphatic rings. The smallest absolute Gasteiger partial charge is 0.335 e. The van der Waals surface area contributed by atoms with Crippen molar-refractivity contribution in [2.75, 3.05) is 0 Å².